The smallest absolute Gasteiger partial charge is 0.150 e. The molecule has 0 saturated heterocycles. The summed E-state index contributed by atoms with van der Waals surface area (Å²) in [5.41, 5.74) is 3.93. The Hall–Kier alpha value is -1.68. The molecule has 1 heterocycles. The third-order valence-electron chi connectivity index (χ3n) is 2.89. The second-order valence-electron chi connectivity index (χ2n) is 4.37. The van der Waals surface area contributed by atoms with Crippen LogP contribution >= 0.6 is 11.3 Å². The summed E-state index contributed by atoms with van der Waals surface area (Å²) >= 11 is 1.67. The van der Waals surface area contributed by atoms with Gasteiger partial charge in [-0.2, -0.15) is 0 Å². The van der Waals surface area contributed by atoms with Crippen LogP contribution in [0.15, 0.2) is 23.6 Å². The molecule has 4 heteroatoms. The average molecular weight is 260 g/mol. The van der Waals surface area contributed by atoms with Crippen molar-refractivity contribution in [3.8, 4) is 0 Å². The van der Waals surface area contributed by atoms with Crippen molar-refractivity contribution in [3.63, 3.8) is 0 Å². The number of aromatic nitrogens is 1. The summed E-state index contributed by atoms with van der Waals surface area (Å²) in [4.78, 5) is 17.4. The Balaban J connectivity index is 2.16. The number of hydrogen-bond acceptors (Lipinski definition) is 4. The summed E-state index contributed by atoms with van der Waals surface area (Å²) in [7, 11) is 2.03. The van der Waals surface area contributed by atoms with Crippen LogP contribution in [0.2, 0.25) is 0 Å². The molecule has 1 aromatic heterocycles. The highest BCUT2D eigenvalue weighted by molar-refractivity contribution is 7.09. The van der Waals surface area contributed by atoms with Crippen molar-refractivity contribution in [2.24, 2.45) is 0 Å². The van der Waals surface area contributed by atoms with Crippen LogP contribution in [0.3, 0.4) is 0 Å². The van der Waals surface area contributed by atoms with E-state index in [1.807, 2.05) is 39.1 Å². The molecule has 18 heavy (non-hydrogen) atoms. The predicted octanol–water partition coefficient (Wildman–Crippen LogP) is 3.21. The van der Waals surface area contributed by atoms with Crippen molar-refractivity contribution < 1.29 is 4.79 Å². The van der Waals surface area contributed by atoms with Crippen LogP contribution in [-0.2, 0) is 6.54 Å². The zero-order valence-corrected chi connectivity index (χ0v) is 11.6. The number of aryl methyl sites for hydroxylation is 2. The Labute approximate surface area is 111 Å². The molecule has 0 saturated carbocycles. The summed E-state index contributed by atoms with van der Waals surface area (Å²) in [6, 6.07) is 5.86. The summed E-state index contributed by atoms with van der Waals surface area (Å²) in [6.45, 7) is 4.75. The first-order valence-electron chi connectivity index (χ1n) is 5.78. The Bertz CT molecular complexity index is 563. The molecule has 0 unspecified atom stereocenters. The van der Waals surface area contributed by atoms with Gasteiger partial charge in [-0.25, -0.2) is 4.98 Å². The minimum absolute atomic E-state index is 0.747. The van der Waals surface area contributed by atoms with Crippen LogP contribution in [0.4, 0.5) is 5.69 Å². The van der Waals surface area contributed by atoms with Gasteiger partial charge in [-0.15, -0.1) is 11.3 Å². The summed E-state index contributed by atoms with van der Waals surface area (Å²) in [5, 5.41) is 3.17. The topological polar surface area (TPSA) is 33.2 Å². The lowest BCUT2D eigenvalue weighted by molar-refractivity contribution is 0.112. The standard InChI is InChI=1S/C14H16N2OS/c1-10-6-14(5-4-12(10)8-17)16(3)7-13-9-18-11(2)15-13/h4-6,8-9H,7H2,1-3H3. The first-order valence-corrected chi connectivity index (χ1v) is 6.66. The number of aldehydes is 1. The van der Waals surface area contributed by atoms with Crippen LogP contribution < -0.4 is 4.90 Å². The summed E-state index contributed by atoms with van der Waals surface area (Å²) < 4.78 is 0. The molecule has 0 aliphatic heterocycles. The Kier molecular flexibility index (Phi) is 3.77. The molecule has 0 aliphatic rings. The van der Waals surface area contributed by atoms with E-state index in [-0.39, 0.29) is 0 Å². The largest absolute Gasteiger partial charge is 0.369 e. The van der Waals surface area contributed by atoms with Gasteiger partial charge < -0.3 is 4.90 Å². The van der Waals surface area contributed by atoms with Crippen LogP contribution in [0.25, 0.3) is 0 Å². The molecule has 0 N–H and O–H groups in total. The number of anilines is 1. The molecule has 0 aliphatic carbocycles. The number of benzene rings is 1. The molecular formula is C14H16N2OS. The van der Waals surface area contributed by atoms with E-state index in [4.69, 9.17) is 0 Å². The highest BCUT2D eigenvalue weighted by atomic mass is 32.1. The normalized spacial score (nSPS) is 10.4. The van der Waals surface area contributed by atoms with Gasteiger partial charge in [0.05, 0.1) is 17.2 Å². The number of carbonyl (C=O) groups excluding carboxylic acids is 1. The fourth-order valence-corrected chi connectivity index (χ4v) is 2.45. The second kappa shape index (κ2) is 5.31. The lowest BCUT2D eigenvalue weighted by atomic mass is 10.1. The van der Waals surface area contributed by atoms with Crippen molar-refractivity contribution >= 4 is 23.3 Å². The SMILES string of the molecule is Cc1nc(CN(C)c2ccc(C=O)c(C)c2)cs1. The van der Waals surface area contributed by atoms with Gasteiger partial charge in [-0.1, -0.05) is 0 Å². The number of carbonyl (C=O) groups is 1. The van der Waals surface area contributed by atoms with Gasteiger partial charge in [0.1, 0.15) is 6.29 Å². The lowest BCUT2D eigenvalue weighted by Gasteiger charge is -2.19. The zero-order chi connectivity index (χ0) is 13.1. The van der Waals surface area contributed by atoms with Crippen molar-refractivity contribution in [1.82, 2.24) is 4.98 Å². The maximum atomic E-state index is 10.8. The molecule has 94 valence electrons. The number of rotatable bonds is 4. The fourth-order valence-electron chi connectivity index (χ4n) is 1.84. The van der Waals surface area contributed by atoms with Gasteiger partial charge in [-0.3, -0.25) is 4.79 Å². The lowest BCUT2D eigenvalue weighted by Crippen LogP contribution is -2.16. The second-order valence-corrected chi connectivity index (χ2v) is 5.43. The fraction of sp³-hybridized carbons (Fsp3) is 0.286. The predicted molar refractivity (Wildman–Crippen MR) is 75.5 cm³/mol. The minimum Gasteiger partial charge on any atom is -0.369 e. The van der Waals surface area contributed by atoms with Crippen molar-refractivity contribution in [1.29, 1.82) is 0 Å². The molecular weight excluding hydrogens is 244 g/mol. The number of nitrogens with zero attached hydrogens (tertiary/aromatic N) is 2. The minimum atomic E-state index is 0.747. The van der Waals surface area contributed by atoms with Crippen molar-refractivity contribution in [3.05, 3.63) is 45.4 Å². The van der Waals surface area contributed by atoms with E-state index in [2.05, 4.69) is 15.3 Å². The van der Waals surface area contributed by atoms with Gasteiger partial charge in [0.15, 0.2) is 0 Å². The molecule has 1 aromatic carbocycles. The van der Waals surface area contributed by atoms with Crippen LogP contribution in [0, 0.1) is 13.8 Å². The molecule has 2 aromatic rings. The maximum Gasteiger partial charge on any atom is 0.150 e. The van der Waals surface area contributed by atoms with E-state index in [9.17, 15) is 4.79 Å². The molecule has 0 amide bonds. The molecule has 0 fully saturated rings. The molecule has 2 rings (SSSR count). The van der Waals surface area contributed by atoms with Gasteiger partial charge in [0, 0.05) is 23.7 Å². The highest BCUT2D eigenvalue weighted by Gasteiger charge is 2.06. The monoisotopic (exact) mass is 260 g/mol. The molecule has 0 atom stereocenters. The quantitative estimate of drug-likeness (QED) is 0.791. The van der Waals surface area contributed by atoms with E-state index >= 15 is 0 Å². The molecule has 0 spiro atoms. The zero-order valence-electron chi connectivity index (χ0n) is 10.8. The molecule has 0 radical (unpaired) electrons. The van der Waals surface area contributed by atoms with E-state index < -0.39 is 0 Å². The summed E-state index contributed by atoms with van der Waals surface area (Å²) in [5.74, 6) is 0. The Morgan fingerprint density at radius 3 is 2.72 bits per heavy atom. The van der Waals surface area contributed by atoms with Gasteiger partial charge in [0.2, 0.25) is 0 Å². The van der Waals surface area contributed by atoms with E-state index in [1.165, 1.54) is 0 Å². The average Bonchev–Trinajstić information content (AvgIpc) is 2.74. The van der Waals surface area contributed by atoms with Gasteiger partial charge >= 0.3 is 0 Å². The Morgan fingerprint density at radius 1 is 1.39 bits per heavy atom. The number of hydrogen-bond donors (Lipinski definition) is 0. The van der Waals surface area contributed by atoms with Crippen LogP contribution in [-0.4, -0.2) is 18.3 Å². The highest BCUT2D eigenvalue weighted by Crippen LogP contribution is 2.19. The van der Waals surface area contributed by atoms with Gasteiger partial charge in [-0.05, 0) is 37.6 Å². The van der Waals surface area contributed by atoms with Crippen molar-refractivity contribution in [2.45, 2.75) is 20.4 Å². The summed E-state index contributed by atoms with van der Waals surface area (Å²) in [6.07, 6.45) is 0.892. The molecule has 0 bridgehead atoms. The van der Waals surface area contributed by atoms with Crippen molar-refractivity contribution in [2.75, 3.05) is 11.9 Å². The third-order valence-corrected chi connectivity index (χ3v) is 3.71. The van der Waals surface area contributed by atoms with Crippen LogP contribution in [0.1, 0.15) is 26.6 Å². The van der Waals surface area contributed by atoms with Crippen LogP contribution in [0.5, 0.6) is 0 Å². The first-order chi connectivity index (χ1) is 8.60. The number of thiazole rings is 1. The van der Waals surface area contributed by atoms with E-state index in [1.54, 1.807) is 11.3 Å². The first kappa shape index (κ1) is 12.8. The Morgan fingerprint density at radius 2 is 2.17 bits per heavy atom. The molecule has 3 nitrogen and oxygen atoms in total. The van der Waals surface area contributed by atoms with E-state index in [0.29, 0.717) is 0 Å². The van der Waals surface area contributed by atoms with Gasteiger partial charge in [0.25, 0.3) is 0 Å². The maximum absolute atomic E-state index is 10.8. The third kappa shape index (κ3) is 2.76. The van der Waals surface area contributed by atoms with E-state index in [0.717, 1.165) is 40.3 Å².